The van der Waals surface area contributed by atoms with Gasteiger partial charge < -0.3 is 18.7 Å². The number of carbonyl (C=O) groups is 2. The average Bonchev–Trinajstić information content (AvgIpc) is 2.89. The Labute approximate surface area is 166 Å². The van der Waals surface area contributed by atoms with Crippen molar-refractivity contribution in [2.75, 3.05) is 6.61 Å². The number of aldehydes is 1. The quantitative estimate of drug-likeness (QED) is 0.413. The first-order chi connectivity index (χ1) is 12.4. The van der Waals surface area contributed by atoms with Gasteiger partial charge in [0.05, 0.1) is 18.8 Å². The maximum atomic E-state index is 12.9. The second-order valence-electron chi connectivity index (χ2n) is 8.82. The molecule has 1 heterocycles. The summed E-state index contributed by atoms with van der Waals surface area (Å²) in [6.07, 6.45) is 1.29. The van der Waals surface area contributed by atoms with Gasteiger partial charge in [0, 0.05) is 6.42 Å². The molecule has 1 aliphatic rings. The van der Waals surface area contributed by atoms with Crippen LogP contribution in [0.2, 0.25) is 18.1 Å². The van der Waals surface area contributed by atoms with Crippen LogP contribution in [0, 0.1) is 0 Å². The lowest BCUT2D eigenvalue weighted by Gasteiger charge is -2.41. The van der Waals surface area contributed by atoms with Crippen molar-refractivity contribution in [3.05, 3.63) is 0 Å². The molecule has 0 aromatic carbocycles. The van der Waals surface area contributed by atoms with E-state index in [0.29, 0.717) is 19.4 Å². The summed E-state index contributed by atoms with van der Waals surface area (Å²) in [6.45, 7) is 16.2. The van der Waals surface area contributed by atoms with E-state index in [1.165, 1.54) is 0 Å². The van der Waals surface area contributed by atoms with Gasteiger partial charge >= 0.3 is 6.09 Å². The standard InChI is InChI=1S/C20H39NO5Si/c1-9-27(10-2,11-3)26-17(13-12-14-22)16-15-24-20(7,8)21(16)18(23)25-19(4,5)6/h14,16-17H,9-13,15H2,1-8H3/t16-,17+/m1/s1. The lowest BCUT2D eigenvalue weighted by molar-refractivity contribution is -0.108. The van der Waals surface area contributed by atoms with E-state index in [-0.39, 0.29) is 12.1 Å². The van der Waals surface area contributed by atoms with Crippen molar-refractivity contribution < 1.29 is 23.5 Å². The summed E-state index contributed by atoms with van der Waals surface area (Å²) >= 11 is 0. The molecule has 7 heteroatoms. The molecule has 1 amide bonds. The fourth-order valence-electron chi connectivity index (χ4n) is 3.66. The molecule has 0 aromatic rings. The summed E-state index contributed by atoms with van der Waals surface area (Å²) in [5.41, 5.74) is -1.36. The van der Waals surface area contributed by atoms with Crippen molar-refractivity contribution in [3.8, 4) is 0 Å². The molecule has 27 heavy (non-hydrogen) atoms. The van der Waals surface area contributed by atoms with Crippen LogP contribution in [0.25, 0.3) is 0 Å². The van der Waals surface area contributed by atoms with E-state index in [1.807, 2.05) is 34.6 Å². The number of nitrogens with zero attached hydrogens (tertiary/aromatic N) is 1. The zero-order valence-corrected chi connectivity index (χ0v) is 19.5. The molecule has 0 aromatic heterocycles. The lowest BCUT2D eigenvalue weighted by atomic mass is 10.1. The number of carbonyl (C=O) groups excluding carboxylic acids is 2. The van der Waals surface area contributed by atoms with Gasteiger partial charge in [-0.2, -0.15) is 0 Å². The fraction of sp³-hybridized carbons (Fsp3) is 0.900. The van der Waals surface area contributed by atoms with Crippen molar-refractivity contribution >= 4 is 20.7 Å². The van der Waals surface area contributed by atoms with Crippen LogP contribution in [0.1, 0.15) is 68.2 Å². The Balaban J connectivity index is 3.17. The fourth-order valence-corrected chi connectivity index (χ4v) is 6.57. The molecule has 0 saturated carbocycles. The molecule has 1 fully saturated rings. The molecule has 1 saturated heterocycles. The molecule has 0 radical (unpaired) electrons. The van der Waals surface area contributed by atoms with Crippen LogP contribution in [0.3, 0.4) is 0 Å². The highest BCUT2D eigenvalue weighted by Crippen LogP contribution is 2.35. The van der Waals surface area contributed by atoms with Crippen LogP contribution in [0.4, 0.5) is 4.79 Å². The zero-order valence-electron chi connectivity index (χ0n) is 18.5. The van der Waals surface area contributed by atoms with E-state index in [4.69, 9.17) is 13.9 Å². The zero-order chi connectivity index (χ0) is 20.9. The van der Waals surface area contributed by atoms with E-state index in [9.17, 15) is 9.59 Å². The summed E-state index contributed by atoms with van der Waals surface area (Å²) in [6, 6.07) is 2.79. The Morgan fingerprint density at radius 2 is 1.81 bits per heavy atom. The average molecular weight is 402 g/mol. The molecular formula is C20H39NO5Si. The summed E-state index contributed by atoms with van der Waals surface area (Å²) in [5.74, 6) is 0. The largest absolute Gasteiger partial charge is 0.444 e. The van der Waals surface area contributed by atoms with E-state index in [2.05, 4.69) is 20.8 Å². The molecule has 0 N–H and O–H groups in total. The highest BCUT2D eigenvalue weighted by Gasteiger charge is 2.50. The van der Waals surface area contributed by atoms with Crippen molar-refractivity contribution in [3.63, 3.8) is 0 Å². The molecule has 6 nitrogen and oxygen atoms in total. The van der Waals surface area contributed by atoms with Gasteiger partial charge in [0.25, 0.3) is 0 Å². The van der Waals surface area contributed by atoms with E-state index in [0.717, 1.165) is 24.4 Å². The number of hydrogen-bond donors (Lipinski definition) is 0. The van der Waals surface area contributed by atoms with Crippen LogP contribution in [0.15, 0.2) is 0 Å². The van der Waals surface area contributed by atoms with Crippen molar-refractivity contribution in [1.29, 1.82) is 0 Å². The van der Waals surface area contributed by atoms with E-state index >= 15 is 0 Å². The Bertz CT molecular complexity index is 491. The second-order valence-corrected chi connectivity index (χ2v) is 13.5. The topological polar surface area (TPSA) is 65.1 Å². The summed E-state index contributed by atoms with van der Waals surface area (Å²) < 4.78 is 18.3. The maximum absolute atomic E-state index is 12.9. The van der Waals surface area contributed by atoms with Crippen LogP contribution in [-0.2, 0) is 18.7 Å². The van der Waals surface area contributed by atoms with Crippen LogP contribution in [-0.4, -0.2) is 55.7 Å². The Morgan fingerprint density at radius 3 is 2.26 bits per heavy atom. The van der Waals surface area contributed by atoms with E-state index in [1.54, 1.807) is 4.90 Å². The number of ether oxygens (including phenoxy) is 2. The van der Waals surface area contributed by atoms with Crippen molar-refractivity contribution in [1.82, 2.24) is 4.90 Å². The van der Waals surface area contributed by atoms with Crippen molar-refractivity contribution in [2.24, 2.45) is 0 Å². The molecule has 1 rings (SSSR count). The third-order valence-corrected chi connectivity index (χ3v) is 10.1. The van der Waals surface area contributed by atoms with Gasteiger partial charge in [-0.1, -0.05) is 20.8 Å². The molecule has 0 bridgehead atoms. The first-order valence-corrected chi connectivity index (χ1v) is 12.8. The van der Waals surface area contributed by atoms with Gasteiger partial charge in [-0.3, -0.25) is 4.90 Å². The van der Waals surface area contributed by atoms with Crippen molar-refractivity contribution in [2.45, 2.75) is 110 Å². The van der Waals surface area contributed by atoms with Crippen LogP contribution in [0.5, 0.6) is 0 Å². The smallest absolute Gasteiger partial charge is 0.412 e. The minimum atomic E-state index is -1.91. The molecule has 0 spiro atoms. The number of hydrogen-bond acceptors (Lipinski definition) is 5. The van der Waals surface area contributed by atoms with Gasteiger partial charge in [0.1, 0.15) is 17.6 Å². The monoisotopic (exact) mass is 401 g/mol. The third-order valence-electron chi connectivity index (χ3n) is 5.44. The van der Waals surface area contributed by atoms with Gasteiger partial charge in [-0.15, -0.1) is 0 Å². The lowest BCUT2D eigenvalue weighted by Crippen LogP contribution is -2.56. The Kier molecular flexibility index (Phi) is 8.50. The van der Waals surface area contributed by atoms with Crippen LogP contribution >= 0.6 is 0 Å². The third kappa shape index (κ3) is 6.29. The summed E-state index contributed by atoms with van der Waals surface area (Å²) in [5, 5.41) is 0. The normalized spacial score (nSPS) is 21.2. The van der Waals surface area contributed by atoms with Crippen LogP contribution < -0.4 is 0 Å². The minimum Gasteiger partial charge on any atom is -0.444 e. The Morgan fingerprint density at radius 1 is 1.26 bits per heavy atom. The molecular weight excluding hydrogens is 362 g/mol. The predicted octanol–water partition coefficient (Wildman–Crippen LogP) is 4.73. The first-order valence-electron chi connectivity index (χ1n) is 10.2. The van der Waals surface area contributed by atoms with E-state index < -0.39 is 25.7 Å². The highest BCUT2D eigenvalue weighted by atomic mass is 28.4. The number of amides is 1. The maximum Gasteiger partial charge on any atom is 0.412 e. The molecule has 0 unspecified atom stereocenters. The SMILES string of the molecule is CC[Si](CC)(CC)O[C@@H](CCC=O)[C@H]1COC(C)(C)N1C(=O)OC(C)(C)C. The molecule has 1 aliphatic heterocycles. The van der Waals surface area contributed by atoms with Gasteiger partial charge in [-0.25, -0.2) is 4.79 Å². The van der Waals surface area contributed by atoms with Gasteiger partial charge in [0.15, 0.2) is 8.32 Å². The molecule has 158 valence electrons. The summed E-state index contributed by atoms with van der Waals surface area (Å²) in [4.78, 5) is 25.7. The van der Waals surface area contributed by atoms with Gasteiger partial charge in [-0.05, 0) is 59.2 Å². The minimum absolute atomic E-state index is 0.226. The molecule has 0 aliphatic carbocycles. The number of rotatable bonds is 9. The molecule has 2 atom stereocenters. The first kappa shape index (κ1) is 24.1. The highest BCUT2D eigenvalue weighted by molar-refractivity contribution is 6.73. The second kappa shape index (κ2) is 9.52. The Hall–Kier alpha value is -0.923. The summed E-state index contributed by atoms with van der Waals surface area (Å²) in [7, 11) is -1.91. The predicted molar refractivity (Wildman–Crippen MR) is 109 cm³/mol. The van der Waals surface area contributed by atoms with Gasteiger partial charge in [0.2, 0.25) is 0 Å².